The number of benzene rings is 4. The molecule has 0 bridgehead atoms. The number of hydrogen-bond donors (Lipinski definition) is 2. The molecule has 12 heteroatoms. The van der Waals surface area contributed by atoms with E-state index in [0.717, 1.165) is 58.4 Å². The highest BCUT2D eigenvalue weighted by molar-refractivity contribution is 5.42. The average Bonchev–Trinajstić information content (AvgIpc) is 3.84. The summed E-state index contributed by atoms with van der Waals surface area (Å²) in [4.78, 5) is 0. The van der Waals surface area contributed by atoms with Gasteiger partial charge in [0.1, 0.15) is 0 Å². The van der Waals surface area contributed by atoms with Crippen molar-refractivity contribution in [3.63, 3.8) is 0 Å². The Balaban J connectivity index is 0.804. The minimum atomic E-state index is 0.627. The highest BCUT2D eigenvalue weighted by Crippen LogP contribution is 2.20. The zero-order valence-corrected chi connectivity index (χ0v) is 28.7. The first-order chi connectivity index (χ1) is 25.7. The first-order valence-electron chi connectivity index (χ1n) is 17.0. The normalized spacial score (nSPS) is 11.0. The van der Waals surface area contributed by atoms with Gasteiger partial charge in [-0.05, 0) is 71.5 Å². The van der Waals surface area contributed by atoms with Gasteiger partial charge in [-0.25, -0.2) is 9.36 Å². The van der Waals surface area contributed by atoms with Crippen LogP contribution in [0.5, 0.6) is 0 Å². The Morgan fingerprint density at radius 1 is 0.481 bits per heavy atom. The SMILES string of the molecule is C(C#CCCNCc1cn(Cc2ccc(N=Nc3ccccc3)cc2)nn1)#CCCNCc1cn(Cc2ccc(N=Nc3ccccc3)cc2)nn1. The monoisotopic (exact) mass is 686 g/mol. The molecule has 0 spiro atoms. The molecule has 0 radical (unpaired) electrons. The average molecular weight is 687 g/mol. The molecule has 0 amide bonds. The van der Waals surface area contributed by atoms with Gasteiger partial charge in [-0.2, -0.15) is 20.5 Å². The third-order valence-electron chi connectivity index (χ3n) is 7.51. The fraction of sp³-hybridized carbons (Fsp3) is 0.200. The number of rotatable bonds is 16. The molecule has 12 nitrogen and oxygen atoms in total. The molecule has 0 aliphatic carbocycles. The molecule has 0 aliphatic rings. The van der Waals surface area contributed by atoms with Crippen LogP contribution in [0.3, 0.4) is 0 Å². The zero-order chi connectivity index (χ0) is 35.5. The number of aromatic nitrogens is 6. The molecule has 0 saturated heterocycles. The van der Waals surface area contributed by atoms with Crippen LogP contribution in [0.1, 0.15) is 35.4 Å². The molecule has 0 unspecified atom stereocenters. The van der Waals surface area contributed by atoms with Gasteiger partial charge in [-0.15, -0.1) is 10.2 Å². The van der Waals surface area contributed by atoms with Crippen LogP contribution in [-0.4, -0.2) is 43.1 Å². The van der Waals surface area contributed by atoms with Gasteiger partial charge in [-0.1, -0.05) is 82.9 Å². The van der Waals surface area contributed by atoms with E-state index < -0.39 is 0 Å². The molecule has 2 heterocycles. The molecule has 0 fully saturated rings. The van der Waals surface area contributed by atoms with Crippen molar-refractivity contribution in [3.05, 3.63) is 144 Å². The van der Waals surface area contributed by atoms with Gasteiger partial charge in [0, 0.05) is 39.0 Å². The number of nitrogens with zero attached hydrogens (tertiary/aromatic N) is 10. The highest BCUT2D eigenvalue weighted by Gasteiger charge is 2.04. The van der Waals surface area contributed by atoms with Crippen molar-refractivity contribution in [3.8, 4) is 23.7 Å². The first kappa shape index (κ1) is 35.2. The van der Waals surface area contributed by atoms with Crippen molar-refractivity contribution >= 4 is 22.7 Å². The van der Waals surface area contributed by atoms with E-state index in [-0.39, 0.29) is 0 Å². The van der Waals surface area contributed by atoms with Gasteiger partial charge in [0.2, 0.25) is 0 Å². The van der Waals surface area contributed by atoms with Crippen LogP contribution in [0.15, 0.2) is 142 Å². The molecular formula is C40H38N12. The fourth-order valence-electron chi connectivity index (χ4n) is 4.87. The lowest BCUT2D eigenvalue weighted by molar-refractivity contribution is 0.647. The summed E-state index contributed by atoms with van der Waals surface area (Å²) in [5.41, 5.74) is 7.23. The van der Waals surface area contributed by atoms with Gasteiger partial charge in [-0.3, -0.25) is 0 Å². The van der Waals surface area contributed by atoms with E-state index in [1.807, 2.05) is 131 Å². The van der Waals surface area contributed by atoms with Crippen molar-refractivity contribution in [1.82, 2.24) is 40.6 Å². The van der Waals surface area contributed by atoms with E-state index in [4.69, 9.17) is 0 Å². The van der Waals surface area contributed by atoms with Gasteiger partial charge < -0.3 is 10.6 Å². The van der Waals surface area contributed by atoms with Crippen LogP contribution in [0.4, 0.5) is 22.7 Å². The molecule has 4 aromatic carbocycles. The molecule has 0 saturated carbocycles. The van der Waals surface area contributed by atoms with Crippen LogP contribution in [-0.2, 0) is 26.2 Å². The molecule has 0 aliphatic heterocycles. The molecule has 258 valence electrons. The van der Waals surface area contributed by atoms with Crippen molar-refractivity contribution < 1.29 is 0 Å². The van der Waals surface area contributed by atoms with Crippen LogP contribution in [0.2, 0.25) is 0 Å². The highest BCUT2D eigenvalue weighted by atomic mass is 15.4. The van der Waals surface area contributed by atoms with Gasteiger partial charge in [0.05, 0.1) is 59.6 Å². The maximum atomic E-state index is 4.29. The Bertz CT molecular complexity index is 1990. The maximum Gasteiger partial charge on any atom is 0.0964 e. The Labute approximate surface area is 303 Å². The maximum absolute atomic E-state index is 4.29. The second kappa shape index (κ2) is 19.6. The quantitative estimate of drug-likeness (QED) is 0.0617. The second-order valence-corrected chi connectivity index (χ2v) is 11.7. The lowest BCUT2D eigenvalue weighted by Gasteiger charge is -2.01. The summed E-state index contributed by atoms with van der Waals surface area (Å²) in [6.45, 7) is 4.00. The van der Waals surface area contributed by atoms with Crippen LogP contribution < -0.4 is 10.6 Å². The summed E-state index contributed by atoms with van der Waals surface area (Å²) in [6, 6.07) is 35.2. The summed E-state index contributed by atoms with van der Waals surface area (Å²) < 4.78 is 3.66. The summed E-state index contributed by atoms with van der Waals surface area (Å²) in [5.74, 6) is 12.0. The van der Waals surface area contributed by atoms with Crippen molar-refractivity contribution in [2.24, 2.45) is 20.5 Å². The smallest absolute Gasteiger partial charge is 0.0964 e. The van der Waals surface area contributed by atoms with E-state index in [1.165, 1.54) is 0 Å². The molecular weight excluding hydrogens is 649 g/mol. The molecule has 0 atom stereocenters. The molecule has 6 aromatic rings. The number of hydrogen-bond acceptors (Lipinski definition) is 10. The Morgan fingerprint density at radius 2 is 0.865 bits per heavy atom. The molecule has 6 rings (SSSR count). The minimum Gasteiger partial charge on any atom is -0.310 e. The fourth-order valence-corrected chi connectivity index (χ4v) is 4.87. The van der Waals surface area contributed by atoms with Crippen molar-refractivity contribution in [2.75, 3.05) is 13.1 Å². The third-order valence-corrected chi connectivity index (χ3v) is 7.51. The minimum absolute atomic E-state index is 0.627. The predicted octanol–water partition coefficient (Wildman–Crippen LogP) is 7.46. The van der Waals surface area contributed by atoms with Gasteiger partial charge in [0.25, 0.3) is 0 Å². The zero-order valence-electron chi connectivity index (χ0n) is 28.7. The predicted molar refractivity (Wildman–Crippen MR) is 201 cm³/mol. The van der Waals surface area contributed by atoms with E-state index in [2.05, 4.69) is 75.4 Å². The van der Waals surface area contributed by atoms with Gasteiger partial charge in [0.15, 0.2) is 0 Å². The molecule has 2 aromatic heterocycles. The topological polar surface area (TPSA) is 135 Å². The number of azo groups is 2. The van der Waals surface area contributed by atoms with E-state index in [0.29, 0.717) is 39.0 Å². The van der Waals surface area contributed by atoms with Crippen molar-refractivity contribution in [1.29, 1.82) is 0 Å². The lowest BCUT2D eigenvalue weighted by Crippen LogP contribution is -2.14. The van der Waals surface area contributed by atoms with Crippen LogP contribution >= 0.6 is 0 Å². The van der Waals surface area contributed by atoms with E-state index >= 15 is 0 Å². The van der Waals surface area contributed by atoms with E-state index in [1.54, 1.807) is 0 Å². The number of nitrogens with one attached hydrogen (secondary N) is 2. The van der Waals surface area contributed by atoms with E-state index in [9.17, 15) is 0 Å². The third kappa shape index (κ3) is 12.1. The second-order valence-electron chi connectivity index (χ2n) is 11.7. The largest absolute Gasteiger partial charge is 0.310 e. The summed E-state index contributed by atoms with van der Waals surface area (Å²) >= 11 is 0. The standard InChI is InChI=1S/C40H38N12/c1(3-11-25-41-27-39-31-51(49-47-39)29-33-17-21-37(22-18-33)45-43-35-13-7-5-8-14-35)2-4-12-26-42-28-40-32-52(50-48-40)30-34-19-23-38(24-20-34)46-44-36-15-9-6-10-16-36/h5-10,13-24,31-32,41-42H,11-12,25-30H2. The lowest BCUT2D eigenvalue weighted by atomic mass is 10.2. The molecule has 2 N–H and O–H groups in total. The Hall–Kier alpha value is -6.60. The van der Waals surface area contributed by atoms with Crippen molar-refractivity contribution in [2.45, 2.75) is 39.0 Å². The first-order valence-corrected chi connectivity index (χ1v) is 17.0. The Kier molecular flexibility index (Phi) is 13.2. The Morgan fingerprint density at radius 3 is 1.27 bits per heavy atom. The molecule has 52 heavy (non-hydrogen) atoms. The summed E-state index contributed by atoms with van der Waals surface area (Å²) in [6.07, 6.45) is 5.31. The van der Waals surface area contributed by atoms with Crippen LogP contribution in [0.25, 0.3) is 0 Å². The summed E-state index contributed by atoms with van der Waals surface area (Å²) in [7, 11) is 0. The summed E-state index contributed by atoms with van der Waals surface area (Å²) in [5, 5.41) is 40.8. The van der Waals surface area contributed by atoms with Crippen LogP contribution in [0, 0.1) is 23.7 Å². The van der Waals surface area contributed by atoms with Gasteiger partial charge >= 0.3 is 0 Å².